The van der Waals surface area contributed by atoms with Crippen LogP contribution in [0.3, 0.4) is 0 Å². The zero-order valence-corrected chi connectivity index (χ0v) is 10.8. The van der Waals surface area contributed by atoms with Gasteiger partial charge in [-0.1, -0.05) is 30.3 Å². The largest absolute Gasteiger partial charge is 0.401 e. The molecule has 2 rings (SSSR count). The van der Waals surface area contributed by atoms with E-state index < -0.39 is 12.7 Å². The Kier molecular flexibility index (Phi) is 4.82. The van der Waals surface area contributed by atoms with Gasteiger partial charge in [-0.05, 0) is 31.0 Å². The molecule has 1 aliphatic rings. The first-order valence-corrected chi connectivity index (χ1v) is 6.57. The zero-order valence-electron chi connectivity index (χ0n) is 10.8. The zero-order chi connectivity index (χ0) is 13.7. The van der Waals surface area contributed by atoms with Gasteiger partial charge in [0.05, 0.1) is 6.54 Å². The first kappa shape index (κ1) is 14.3. The van der Waals surface area contributed by atoms with Gasteiger partial charge >= 0.3 is 6.18 Å². The highest BCUT2D eigenvalue weighted by molar-refractivity contribution is 5.14. The summed E-state index contributed by atoms with van der Waals surface area (Å²) in [7, 11) is 0. The van der Waals surface area contributed by atoms with Crippen LogP contribution in [0.15, 0.2) is 30.3 Å². The van der Waals surface area contributed by atoms with Crippen LogP contribution in [0.2, 0.25) is 0 Å². The number of nitrogens with one attached hydrogen (secondary N) is 1. The minimum absolute atomic E-state index is 0.325. The first-order chi connectivity index (χ1) is 9.03. The van der Waals surface area contributed by atoms with E-state index in [-0.39, 0.29) is 0 Å². The van der Waals surface area contributed by atoms with Crippen LogP contribution in [0, 0.1) is 5.92 Å². The Balaban J connectivity index is 1.69. The number of rotatable bonds is 5. The molecule has 1 aromatic rings. The first-order valence-electron chi connectivity index (χ1n) is 6.57. The Morgan fingerprint density at radius 1 is 1.21 bits per heavy atom. The van der Waals surface area contributed by atoms with Crippen molar-refractivity contribution in [1.82, 2.24) is 10.2 Å². The monoisotopic (exact) mass is 272 g/mol. The van der Waals surface area contributed by atoms with E-state index in [0.29, 0.717) is 12.5 Å². The molecule has 1 N–H and O–H groups in total. The Hall–Kier alpha value is -1.07. The van der Waals surface area contributed by atoms with E-state index >= 15 is 0 Å². The van der Waals surface area contributed by atoms with Crippen LogP contribution in [0.1, 0.15) is 12.0 Å². The molecule has 0 spiro atoms. The van der Waals surface area contributed by atoms with E-state index in [2.05, 4.69) is 22.3 Å². The predicted molar refractivity (Wildman–Crippen MR) is 68.8 cm³/mol. The number of halogens is 3. The molecule has 0 saturated carbocycles. The number of benzene rings is 1. The predicted octanol–water partition coefficient (Wildman–Crippen LogP) is 2.66. The van der Waals surface area contributed by atoms with Crippen molar-refractivity contribution in [2.24, 2.45) is 5.92 Å². The van der Waals surface area contributed by atoms with Crippen molar-refractivity contribution in [2.45, 2.75) is 19.1 Å². The lowest BCUT2D eigenvalue weighted by molar-refractivity contribution is -0.125. The van der Waals surface area contributed by atoms with Crippen molar-refractivity contribution in [3.05, 3.63) is 35.9 Å². The third-order valence-electron chi connectivity index (χ3n) is 3.38. The van der Waals surface area contributed by atoms with Gasteiger partial charge in [-0.25, -0.2) is 0 Å². The van der Waals surface area contributed by atoms with Gasteiger partial charge in [0.15, 0.2) is 0 Å². The lowest BCUT2D eigenvalue weighted by atomic mass is 10.1. The van der Waals surface area contributed by atoms with Crippen LogP contribution in [0.5, 0.6) is 0 Å². The van der Waals surface area contributed by atoms with E-state index in [9.17, 15) is 13.2 Å². The van der Waals surface area contributed by atoms with Crippen molar-refractivity contribution in [3.8, 4) is 0 Å². The summed E-state index contributed by atoms with van der Waals surface area (Å²) >= 11 is 0. The molecule has 5 heteroatoms. The average molecular weight is 272 g/mol. The molecular formula is C14H19F3N2. The molecule has 2 nitrogen and oxygen atoms in total. The molecule has 1 aliphatic heterocycles. The smallest absolute Gasteiger partial charge is 0.308 e. The van der Waals surface area contributed by atoms with Gasteiger partial charge in [0.2, 0.25) is 0 Å². The molecular weight excluding hydrogens is 253 g/mol. The fraction of sp³-hybridized carbons (Fsp3) is 0.571. The molecule has 0 radical (unpaired) electrons. The number of alkyl halides is 3. The lowest BCUT2D eigenvalue weighted by Gasteiger charge is -2.16. The lowest BCUT2D eigenvalue weighted by Crippen LogP contribution is -2.33. The summed E-state index contributed by atoms with van der Waals surface area (Å²) in [5.74, 6) is 0.325. The van der Waals surface area contributed by atoms with E-state index in [1.54, 1.807) is 0 Å². The van der Waals surface area contributed by atoms with Crippen LogP contribution < -0.4 is 5.32 Å². The second kappa shape index (κ2) is 6.39. The molecule has 1 fully saturated rings. The van der Waals surface area contributed by atoms with Gasteiger partial charge in [0.1, 0.15) is 0 Å². The molecule has 0 aromatic heterocycles. The maximum absolute atomic E-state index is 12.0. The van der Waals surface area contributed by atoms with E-state index in [0.717, 1.165) is 26.1 Å². The van der Waals surface area contributed by atoms with Crippen LogP contribution in [0.4, 0.5) is 13.2 Å². The van der Waals surface area contributed by atoms with Gasteiger partial charge in [-0.15, -0.1) is 0 Å². The quantitative estimate of drug-likeness (QED) is 0.886. The SMILES string of the molecule is FC(F)(F)CNC[C@@H]1CCN(Cc2ccccc2)C1. The second-order valence-electron chi connectivity index (χ2n) is 5.12. The third-order valence-corrected chi connectivity index (χ3v) is 3.38. The summed E-state index contributed by atoms with van der Waals surface area (Å²) in [6.07, 6.45) is -3.14. The van der Waals surface area contributed by atoms with Gasteiger partial charge in [0, 0.05) is 13.1 Å². The van der Waals surface area contributed by atoms with Crippen LogP contribution in [-0.4, -0.2) is 37.3 Å². The third kappa shape index (κ3) is 5.20. The summed E-state index contributed by atoms with van der Waals surface area (Å²) < 4.78 is 36.1. The van der Waals surface area contributed by atoms with Crippen molar-refractivity contribution in [3.63, 3.8) is 0 Å². The Labute approximate surface area is 111 Å². The van der Waals surface area contributed by atoms with Crippen molar-refractivity contribution < 1.29 is 13.2 Å². The summed E-state index contributed by atoms with van der Waals surface area (Å²) in [5, 5.41) is 2.50. The molecule has 0 unspecified atom stereocenters. The molecule has 1 aromatic carbocycles. The van der Waals surface area contributed by atoms with Crippen LogP contribution in [-0.2, 0) is 6.54 Å². The maximum atomic E-state index is 12.0. The summed E-state index contributed by atoms with van der Waals surface area (Å²) in [6, 6.07) is 10.2. The summed E-state index contributed by atoms with van der Waals surface area (Å²) in [6.45, 7) is 2.29. The number of nitrogens with zero attached hydrogens (tertiary/aromatic N) is 1. The fourth-order valence-corrected chi connectivity index (χ4v) is 2.48. The van der Waals surface area contributed by atoms with E-state index in [1.165, 1.54) is 5.56 Å². The summed E-state index contributed by atoms with van der Waals surface area (Å²) in [4.78, 5) is 2.30. The molecule has 0 bridgehead atoms. The standard InChI is InChI=1S/C14H19F3N2/c15-14(16,17)11-18-8-13-6-7-19(10-13)9-12-4-2-1-3-5-12/h1-5,13,18H,6-11H2/t13-/m0/s1. The number of likely N-dealkylation sites (tertiary alicyclic amines) is 1. The van der Waals surface area contributed by atoms with Crippen molar-refractivity contribution >= 4 is 0 Å². The van der Waals surface area contributed by atoms with Crippen molar-refractivity contribution in [1.29, 1.82) is 0 Å². The van der Waals surface area contributed by atoms with Crippen molar-refractivity contribution in [2.75, 3.05) is 26.2 Å². The number of hydrogen-bond acceptors (Lipinski definition) is 2. The highest BCUT2D eigenvalue weighted by atomic mass is 19.4. The molecule has 1 heterocycles. The molecule has 0 amide bonds. The summed E-state index contributed by atoms with van der Waals surface area (Å²) in [5.41, 5.74) is 1.26. The normalized spacial score (nSPS) is 20.9. The highest BCUT2D eigenvalue weighted by Crippen LogP contribution is 2.19. The highest BCUT2D eigenvalue weighted by Gasteiger charge is 2.28. The molecule has 19 heavy (non-hydrogen) atoms. The van der Waals surface area contributed by atoms with Gasteiger partial charge in [-0.3, -0.25) is 4.90 Å². The Morgan fingerprint density at radius 3 is 2.63 bits per heavy atom. The molecule has 106 valence electrons. The molecule has 0 aliphatic carbocycles. The van der Waals surface area contributed by atoms with Crippen LogP contribution >= 0.6 is 0 Å². The van der Waals surface area contributed by atoms with Gasteiger partial charge < -0.3 is 5.32 Å². The van der Waals surface area contributed by atoms with Gasteiger partial charge in [0.25, 0.3) is 0 Å². The molecule has 1 atom stereocenters. The average Bonchev–Trinajstić information content (AvgIpc) is 2.76. The molecule has 1 saturated heterocycles. The van der Waals surface area contributed by atoms with Crippen LogP contribution in [0.25, 0.3) is 0 Å². The minimum Gasteiger partial charge on any atom is -0.308 e. The van der Waals surface area contributed by atoms with Gasteiger partial charge in [-0.2, -0.15) is 13.2 Å². The number of hydrogen-bond donors (Lipinski definition) is 1. The van der Waals surface area contributed by atoms with E-state index in [1.807, 2.05) is 18.2 Å². The Bertz CT molecular complexity index is 378. The fourth-order valence-electron chi connectivity index (χ4n) is 2.48. The Morgan fingerprint density at radius 2 is 1.95 bits per heavy atom. The maximum Gasteiger partial charge on any atom is 0.401 e. The second-order valence-corrected chi connectivity index (χ2v) is 5.12. The minimum atomic E-state index is -4.11. The topological polar surface area (TPSA) is 15.3 Å². The van der Waals surface area contributed by atoms with E-state index in [4.69, 9.17) is 0 Å².